The maximum Gasteiger partial charge on any atom is 0.310 e. The number of carboxylic acid groups (broad SMARTS) is 1. The van der Waals surface area contributed by atoms with E-state index in [4.69, 9.17) is 0 Å². The smallest absolute Gasteiger partial charge is 0.310 e. The summed E-state index contributed by atoms with van der Waals surface area (Å²) in [5.41, 5.74) is 1.43. The van der Waals surface area contributed by atoms with Gasteiger partial charge in [-0.2, -0.15) is 5.10 Å². The Morgan fingerprint density at radius 3 is 2.33 bits per heavy atom. The maximum atomic E-state index is 11.5. The van der Waals surface area contributed by atoms with Crippen LogP contribution < -0.4 is 0 Å². The predicted molar refractivity (Wildman–Crippen MR) is 71.6 cm³/mol. The molecule has 0 spiro atoms. The van der Waals surface area contributed by atoms with Crippen molar-refractivity contribution in [2.45, 2.75) is 59.9 Å². The first-order valence-electron chi connectivity index (χ1n) is 6.81. The summed E-state index contributed by atoms with van der Waals surface area (Å²) >= 11 is 0. The van der Waals surface area contributed by atoms with E-state index in [1.165, 1.54) is 0 Å². The molecule has 0 aromatic carbocycles. The molecule has 0 aliphatic heterocycles. The van der Waals surface area contributed by atoms with Crippen LogP contribution in [-0.2, 0) is 24.2 Å². The van der Waals surface area contributed by atoms with Crippen LogP contribution in [0, 0.1) is 5.41 Å². The van der Waals surface area contributed by atoms with Gasteiger partial charge in [0.25, 0.3) is 0 Å². The number of carbonyl (C=O) groups is 1. The molecule has 1 aromatic rings. The topological polar surface area (TPSA) is 55.1 Å². The summed E-state index contributed by atoms with van der Waals surface area (Å²) in [4.78, 5) is 11.5. The van der Waals surface area contributed by atoms with Gasteiger partial charge in [-0.15, -0.1) is 0 Å². The largest absolute Gasteiger partial charge is 0.481 e. The lowest BCUT2D eigenvalue weighted by Crippen LogP contribution is -2.33. The molecule has 18 heavy (non-hydrogen) atoms. The van der Waals surface area contributed by atoms with E-state index in [2.05, 4.69) is 12.0 Å². The van der Waals surface area contributed by atoms with Gasteiger partial charge in [0, 0.05) is 18.7 Å². The van der Waals surface area contributed by atoms with E-state index >= 15 is 0 Å². The summed E-state index contributed by atoms with van der Waals surface area (Å²) in [6.45, 7) is 8.79. The normalized spacial score (nSPS) is 11.8. The van der Waals surface area contributed by atoms with Crippen molar-refractivity contribution >= 4 is 5.97 Å². The Morgan fingerprint density at radius 2 is 1.94 bits per heavy atom. The predicted octanol–water partition coefficient (Wildman–Crippen LogP) is 2.90. The van der Waals surface area contributed by atoms with Crippen molar-refractivity contribution in [3.63, 3.8) is 0 Å². The Morgan fingerprint density at radius 1 is 1.33 bits per heavy atom. The van der Waals surface area contributed by atoms with Gasteiger partial charge in [-0.1, -0.05) is 20.8 Å². The van der Waals surface area contributed by atoms with Gasteiger partial charge in [-0.3, -0.25) is 9.48 Å². The van der Waals surface area contributed by atoms with Crippen molar-refractivity contribution in [1.82, 2.24) is 9.78 Å². The number of carboxylic acids is 1. The van der Waals surface area contributed by atoms with Crippen molar-refractivity contribution in [3.05, 3.63) is 17.5 Å². The monoisotopic (exact) mass is 252 g/mol. The fourth-order valence-corrected chi connectivity index (χ4v) is 2.33. The van der Waals surface area contributed by atoms with Crippen molar-refractivity contribution in [2.75, 3.05) is 0 Å². The standard InChI is InChI=1S/C14H24N2O2/c1-5-11-9-12(16(8-4)15-11)10-14(6-2,7-3)13(17)18/h9H,5-8,10H2,1-4H3,(H,17,18). The number of nitrogens with zero attached hydrogens (tertiary/aromatic N) is 2. The second kappa shape index (κ2) is 6.03. The molecule has 1 heterocycles. The van der Waals surface area contributed by atoms with Gasteiger partial charge in [-0.05, 0) is 32.3 Å². The minimum Gasteiger partial charge on any atom is -0.481 e. The fourth-order valence-electron chi connectivity index (χ4n) is 2.33. The molecule has 0 amide bonds. The number of aromatic nitrogens is 2. The Kier molecular flexibility index (Phi) is 4.93. The quantitative estimate of drug-likeness (QED) is 0.811. The number of aryl methyl sites for hydroxylation is 2. The Bertz CT molecular complexity index is 406. The lowest BCUT2D eigenvalue weighted by atomic mass is 9.78. The molecule has 0 saturated heterocycles. The van der Waals surface area contributed by atoms with Crippen LogP contribution in [0.25, 0.3) is 0 Å². The summed E-state index contributed by atoms with van der Waals surface area (Å²) in [5, 5.41) is 14.0. The Labute approximate surface area is 109 Å². The average Bonchev–Trinajstić information content (AvgIpc) is 2.77. The van der Waals surface area contributed by atoms with E-state index in [1.807, 2.05) is 31.5 Å². The highest BCUT2D eigenvalue weighted by atomic mass is 16.4. The molecule has 0 saturated carbocycles. The van der Waals surface area contributed by atoms with Crippen LogP contribution in [-0.4, -0.2) is 20.9 Å². The summed E-state index contributed by atoms with van der Waals surface area (Å²) in [7, 11) is 0. The zero-order valence-corrected chi connectivity index (χ0v) is 11.9. The van der Waals surface area contributed by atoms with Gasteiger partial charge in [0.15, 0.2) is 0 Å². The summed E-state index contributed by atoms with van der Waals surface area (Å²) in [5.74, 6) is -0.700. The van der Waals surface area contributed by atoms with Gasteiger partial charge in [-0.25, -0.2) is 0 Å². The Balaban J connectivity index is 3.07. The number of hydrogen-bond acceptors (Lipinski definition) is 2. The van der Waals surface area contributed by atoms with Crippen molar-refractivity contribution < 1.29 is 9.90 Å². The molecule has 0 atom stereocenters. The molecule has 0 bridgehead atoms. The molecule has 0 fully saturated rings. The zero-order valence-electron chi connectivity index (χ0n) is 11.9. The molecule has 102 valence electrons. The van der Waals surface area contributed by atoms with Gasteiger partial charge >= 0.3 is 5.97 Å². The van der Waals surface area contributed by atoms with Gasteiger partial charge < -0.3 is 5.11 Å². The minimum absolute atomic E-state index is 0.566. The van der Waals surface area contributed by atoms with E-state index in [-0.39, 0.29) is 0 Å². The van der Waals surface area contributed by atoms with E-state index in [0.29, 0.717) is 19.3 Å². The zero-order chi connectivity index (χ0) is 13.8. The highest BCUT2D eigenvalue weighted by Gasteiger charge is 2.36. The van der Waals surface area contributed by atoms with Gasteiger partial charge in [0.05, 0.1) is 11.1 Å². The van der Waals surface area contributed by atoms with Crippen LogP contribution in [0.5, 0.6) is 0 Å². The molecular weight excluding hydrogens is 228 g/mol. The van der Waals surface area contributed by atoms with Crippen LogP contribution in [0.4, 0.5) is 0 Å². The lowest BCUT2D eigenvalue weighted by Gasteiger charge is -2.26. The van der Waals surface area contributed by atoms with Crippen LogP contribution in [0.2, 0.25) is 0 Å². The van der Waals surface area contributed by atoms with Crippen molar-refractivity contribution in [2.24, 2.45) is 5.41 Å². The molecule has 1 aromatic heterocycles. The lowest BCUT2D eigenvalue weighted by molar-refractivity contribution is -0.149. The molecule has 4 heteroatoms. The molecule has 1 N–H and O–H groups in total. The van der Waals surface area contributed by atoms with E-state index in [0.717, 1.165) is 24.4 Å². The average molecular weight is 252 g/mol. The van der Waals surface area contributed by atoms with Gasteiger partial charge in [0.2, 0.25) is 0 Å². The van der Waals surface area contributed by atoms with Crippen LogP contribution in [0.3, 0.4) is 0 Å². The summed E-state index contributed by atoms with van der Waals surface area (Å²) < 4.78 is 1.93. The van der Waals surface area contributed by atoms with Crippen LogP contribution in [0.1, 0.15) is 51.9 Å². The molecule has 1 rings (SSSR count). The van der Waals surface area contributed by atoms with Crippen molar-refractivity contribution in [1.29, 1.82) is 0 Å². The number of rotatable bonds is 7. The highest BCUT2D eigenvalue weighted by Crippen LogP contribution is 2.31. The van der Waals surface area contributed by atoms with Crippen LogP contribution >= 0.6 is 0 Å². The second-order valence-corrected chi connectivity index (χ2v) is 4.77. The molecule has 0 aliphatic carbocycles. The minimum atomic E-state index is -0.700. The summed E-state index contributed by atoms with van der Waals surface area (Å²) in [6, 6.07) is 2.05. The number of hydrogen-bond donors (Lipinski definition) is 1. The molecule has 0 radical (unpaired) electrons. The third-order valence-electron chi connectivity index (χ3n) is 3.90. The first kappa shape index (κ1) is 14.7. The fraction of sp³-hybridized carbons (Fsp3) is 0.714. The number of aliphatic carboxylic acids is 1. The molecular formula is C14H24N2O2. The van der Waals surface area contributed by atoms with E-state index in [1.54, 1.807) is 0 Å². The van der Waals surface area contributed by atoms with Gasteiger partial charge in [0.1, 0.15) is 0 Å². The third kappa shape index (κ3) is 2.74. The van der Waals surface area contributed by atoms with E-state index < -0.39 is 11.4 Å². The van der Waals surface area contributed by atoms with Crippen LogP contribution in [0.15, 0.2) is 6.07 Å². The third-order valence-corrected chi connectivity index (χ3v) is 3.90. The Hall–Kier alpha value is -1.32. The maximum absolute atomic E-state index is 11.5. The van der Waals surface area contributed by atoms with E-state index in [9.17, 15) is 9.90 Å². The van der Waals surface area contributed by atoms with Crippen molar-refractivity contribution in [3.8, 4) is 0 Å². The highest BCUT2D eigenvalue weighted by molar-refractivity contribution is 5.74. The SMILES string of the molecule is CCc1cc(CC(CC)(CC)C(=O)O)n(CC)n1. The first-order valence-corrected chi connectivity index (χ1v) is 6.81. The molecule has 0 aliphatic rings. The molecule has 4 nitrogen and oxygen atoms in total. The molecule has 0 unspecified atom stereocenters. The second-order valence-electron chi connectivity index (χ2n) is 4.77. The first-order chi connectivity index (χ1) is 8.52. The summed E-state index contributed by atoms with van der Waals surface area (Å²) in [6.07, 6.45) is 2.75.